The Morgan fingerprint density at radius 1 is 1.21 bits per heavy atom. The summed E-state index contributed by atoms with van der Waals surface area (Å²) in [6.07, 6.45) is 12.5. The van der Waals surface area contributed by atoms with Gasteiger partial charge in [-0.3, -0.25) is 4.79 Å². The summed E-state index contributed by atoms with van der Waals surface area (Å²) in [5, 5.41) is 2.55. The van der Waals surface area contributed by atoms with E-state index in [1.807, 2.05) is 6.08 Å². The maximum atomic E-state index is 11.8. The third kappa shape index (κ3) is 8.56. The van der Waals surface area contributed by atoms with Crippen LogP contribution in [0.5, 0.6) is 0 Å². The smallest absolute Gasteiger partial charge is 0.328 e. The molecular weight excluding hydrogens is 306 g/mol. The van der Waals surface area contributed by atoms with Crippen LogP contribution in [0, 0.1) is 0 Å². The first-order valence-electron chi connectivity index (χ1n) is 8.77. The summed E-state index contributed by atoms with van der Waals surface area (Å²) in [5.41, 5.74) is 0. The molecule has 24 heavy (non-hydrogen) atoms. The molecule has 1 aromatic heterocycles. The highest BCUT2D eigenvalue weighted by Gasteiger charge is 2.18. The van der Waals surface area contributed by atoms with Gasteiger partial charge in [-0.25, -0.2) is 4.79 Å². The van der Waals surface area contributed by atoms with Crippen molar-refractivity contribution in [3.63, 3.8) is 0 Å². The SMILES string of the molecule is C=CCCCCCCCCCOC(=O)[C@H](C)NC(=O)c1ccco1. The first-order chi connectivity index (χ1) is 11.6. The molecule has 0 unspecified atom stereocenters. The molecular formula is C19H29NO4. The van der Waals surface area contributed by atoms with Crippen LogP contribution in [-0.2, 0) is 9.53 Å². The Hall–Kier alpha value is -2.04. The molecule has 1 heterocycles. The Kier molecular flexibility index (Phi) is 10.3. The molecule has 1 N–H and O–H groups in total. The first-order valence-corrected chi connectivity index (χ1v) is 8.77. The molecule has 0 saturated heterocycles. The fourth-order valence-electron chi connectivity index (χ4n) is 2.31. The van der Waals surface area contributed by atoms with Gasteiger partial charge in [0, 0.05) is 0 Å². The molecule has 1 atom stereocenters. The molecule has 0 fully saturated rings. The van der Waals surface area contributed by atoms with Gasteiger partial charge in [-0.05, 0) is 38.3 Å². The average molecular weight is 335 g/mol. The number of unbranched alkanes of at least 4 members (excludes halogenated alkanes) is 7. The summed E-state index contributed by atoms with van der Waals surface area (Å²) in [7, 11) is 0. The fraction of sp³-hybridized carbons (Fsp3) is 0.579. The van der Waals surface area contributed by atoms with Crippen molar-refractivity contribution in [2.24, 2.45) is 0 Å². The van der Waals surface area contributed by atoms with Crippen LogP contribution in [0.4, 0.5) is 0 Å². The highest BCUT2D eigenvalue weighted by molar-refractivity contribution is 5.94. The lowest BCUT2D eigenvalue weighted by Crippen LogP contribution is -2.39. The van der Waals surface area contributed by atoms with Crippen LogP contribution in [0.3, 0.4) is 0 Å². The number of amides is 1. The number of allylic oxidation sites excluding steroid dienone is 1. The van der Waals surface area contributed by atoms with E-state index in [0.717, 1.165) is 25.7 Å². The number of hydrogen-bond acceptors (Lipinski definition) is 4. The lowest BCUT2D eigenvalue weighted by Gasteiger charge is -2.12. The van der Waals surface area contributed by atoms with E-state index < -0.39 is 17.9 Å². The maximum absolute atomic E-state index is 11.8. The Bertz CT molecular complexity index is 482. The number of carbonyl (C=O) groups excluding carboxylic acids is 2. The van der Waals surface area contributed by atoms with Gasteiger partial charge in [0.15, 0.2) is 5.76 Å². The van der Waals surface area contributed by atoms with E-state index in [1.165, 1.54) is 31.9 Å². The summed E-state index contributed by atoms with van der Waals surface area (Å²) in [4.78, 5) is 23.6. The molecule has 1 aromatic rings. The second-order valence-corrected chi connectivity index (χ2v) is 5.89. The normalized spacial score (nSPS) is 11.7. The van der Waals surface area contributed by atoms with E-state index in [4.69, 9.17) is 9.15 Å². The van der Waals surface area contributed by atoms with Gasteiger partial charge in [-0.2, -0.15) is 0 Å². The molecule has 1 rings (SSSR count). The summed E-state index contributed by atoms with van der Waals surface area (Å²) in [5.74, 6) is -0.650. The quantitative estimate of drug-likeness (QED) is 0.332. The number of ether oxygens (including phenoxy) is 1. The van der Waals surface area contributed by atoms with Crippen molar-refractivity contribution in [1.82, 2.24) is 5.32 Å². The number of carbonyl (C=O) groups is 2. The molecule has 0 saturated carbocycles. The van der Waals surface area contributed by atoms with Crippen molar-refractivity contribution in [3.05, 3.63) is 36.8 Å². The van der Waals surface area contributed by atoms with E-state index in [9.17, 15) is 9.59 Å². The molecule has 1 amide bonds. The third-order valence-corrected chi connectivity index (χ3v) is 3.74. The van der Waals surface area contributed by atoms with Crippen molar-refractivity contribution in [2.75, 3.05) is 6.61 Å². The summed E-state index contributed by atoms with van der Waals surface area (Å²) in [6, 6.07) is 2.48. The molecule has 0 aromatic carbocycles. The van der Waals surface area contributed by atoms with Gasteiger partial charge in [-0.15, -0.1) is 6.58 Å². The van der Waals surface area contributed by atoms with Crippen molar-refractivity contribution in [3.8, 4) is 0 Å². The maximum Gasteiger partial charge on any atom is 0.328 e. The summed E-state index contributed by atoms with van der Waals surface area (Å²) >= 11 is 0. The molecule has 5 heteroatoms. The predicted molar refractivity (Wildman–Crippen MR) is 93.7 cm³/mol. The van der Waals surface area contributed by atoms with Crippen LogP contribution in [-0.4, -0.2) is 24.5 Å². The predicted octanol–water partition coefficient (Wildman–Crippen LogP) is 4.25. The second kappa shape index (κ2) is 12.4. The third-order valence-electron chi connectivity index (χ3n) is 3.74. The van der Waals surface area contributed by atoms with E-state index in [-0.39, 0.29) is 5.76 Å². The molecule has 0 aliphatic heterocycles. The van der Waals surface area contributed by atoms with Crippen LogP contribution < -0.4 is 5.32 Å². The zero-order chi connectivity index (χ0) is 17.6. The van der Waals surface area contributed by atoms with Crippen LogP contribution in [0.25, 0.3) is 0 Å². The number of hydrogen-bond donors (Lipinski definition) is 1. The second-order valence-electron chi connectivity index (χ2n) is 5.89. The van der Waals surface area contributed by atoms with Crippen molar-refractivity contribution in [2.45, 2.75) is 64.3 Å². The molecule has 5 nitrogen and oxygen atoms in total. The zero-order valence-electron chi connectivity index (χ0n) is 14.6. The number of rotatable bonds is 13. The van der Waals surface area contributed by atoms with Crippen LogP contribution in [0.15, 0.2) is 35.5 Å². The summed E-state index contributed by atoms with van der Waals surface area (Å²) < 4.78 is 10.2. The van der Waals surface area contributed by atoms with Gasteiger partial charge in [0.25, 0.3) is 5.91 Å². The lowest BCUT2D eigenvalue weighted by atomic mass is 10.1. The monoisotopic (exact) mass is 335 g/mol. The largest absolute Gasteiger partial charge is 0.464 e. The molecule has 0 spiro atoms. The van der Waals surface area contributed by atoms with E-state index in [0.29, 0.717) is 6.61 Å². The Morgan fingerprint density at radius 3 is 2.50 bits per heavy atom. The Balaban J connectivity index is 2.01. The summed E-state index contributed by atoms with van der Waals surface area (Å²) in [6.45, 7) is 5.72. The van der Waals surface area contributed by atoms with Gasteiger partial charge in [-0.1, -0.05) is 38.2 Å². The highest BCUT2D eigenvalue weighted by Crippen LogP contribution is 2.09. The highest BCUT2D eigenvalue weighted by atomic mass is 16.5. The van der Waals surface area contributed by atoms with Crippen molar-refractivity contribution in [1.29, 1.82) is 0 Å². The van der Waals surface area contributed by atoms with E-state index in [2.05, 4.69) is 11.9 Å². The molecule has 0 aliphatic carbocycles. The van der Waals surface area contributed by atoms with Crippen molar-refractivity contribution >= 4 is 11.9 Å². The standard InChI is InChI=1S/C19H29NO4/c1-3-4-5-6-7-8-9-10-11-14-24-19(22)16(2)20-18(21)17-13-12-15-23-17/h3,12-13,15-16H,1,4-11,14H2,2H3,(H,20,21)/t16-/m0/s1. The fourth-order valence-corrected chi connectivity index (χ4v) is 2.31. The van der Waals surface area contributed by atoms with E-state index >= 15 is 0 Å². The molecule has 0 radical (unpaired) electrons. The number of furan rings is 1. The molecule has 134 valence electrons. The average Bonchev–Trinajstić information content (AvgIpc) is 3.11. The molecule has 0 aliphatic rings. The van der Waals surface area contributed by atoms with Gasteiger partial charge in [0.2, 0.25) is 0 Å². The van der Waals surface area contributed by atoms with Crippen LogP contribution >= 0.6 is 0 Å². The van der Waals surface area contributed by atoms with Gasteiger partial charge in [0.05, 0.1) is 12.9 Å². The van der Waals surface area contributed by atoms with Gasteiger partial charge in [0.1, 0.15) is 6.04 Å². The van der Waals surface area contributed by atoms with E-state index in [1.54, 1.807) is 19.1 Å². The number of esters is 1. The molecule has 0 bridgehead atoms. The topological polar surface area (TPSA) is 68.5 Å². The minimum Gasteiger partial charge on any atom is -0.464 e. The minimum absolute atomic E-state index is 0.183. The zero-order valence-corrected chi connectivity index (χ0v) is 14.6. The minimum atomic E-state index is -0.688. The van der Waals surface area contributed by atoms with Crippen LogP contribution in [0.2, 0.25) is 0 Å². The van der Waals surface area contributed by atoms with Crippen molar-refractivity contribution < 1.29 is 18.7 Å². The Morgan fingerprint density at radius 2 is 1.88 bits per heavy atom. The Labute approximate surface area is 144 Å². The van der Waals surface area contributed by atoms with Crippen LogP contribution in [0.1, 0.15) is 68.8 Å². The first kappa shape index (κ1) is 20.0. The van der Waals surface area contributed by atoms with Gasteiger partial charge < -0.3 is 14.5 Å². The lowest BCUT2D eigenvalue weighted by molar-refractivity contribution is -0.145. The van der Waals surface area contributed by atoms with Gasteiger partial charge >= 0.3 is 5.97 Å². The number of nitrogens with one attached hydrogen (secondary N) is 1.